The van der Waals surface area contributed by atoms with Crippen molar-refractivity contribution in [3.05, 3.63) is 59.7 Å². The molecule has 0 aliphatic rings. The monoisotopic (exact) mass is 383 g/mol. The Bertz CT molecular complexity index is 827. The van der Waals surface area contributed by atoms with E-state index in [0.29, 0.717) is 30.0 Å². The van der Waals surface area contributed by atoms with Crippen LogP contribution in [0.5, 0.6) is 5.75 Å². The number of ether oxygens (including phenoxy) is 2. The summed E-state index contributed by atoms with van der Waals surface area (Å²) in [6.45, 7) is 5.80. The zero-order valence-corrected chi connectivity index (χ0v) is 16.4. The largest absolute Gasteiger partial charge is 0.493 e. The van der Waals surface area contributed by atoms with Crippen molar-refractivity contribution in [3.8, 4) is 5.75 Å². The Hall–Kier alpha value is -3.15. The van der Waals surface area contributed by atoms with E-state index in [1.165, 1.54) is 0 Å². The fourth-order valence-electron chi connectivity index (χ4n) is 2.53. The summed E-state index contributed by atoms with van der Waals surface area (Å²) in [5.74, 6) is -0.333. The van der Waals surface area contributed by atoms with Crippen LogP contribution in [0.15, 0.2) is 48.5 Å². The molecule has 2 rings (SSSR count). The number of esters is 1. The molecule has 0 heterocycles. The number of hydrogen-bond acceptors (Lipinski definition) is 5. The van der Waals surface area contributed by atoms with Gasteiger partial charge in [-0.1, -0.05) is 26.0 Å². The van der Waals surface area contributed by atoms with Crippen LogP contribution in [-0.4, -0.2) is 30.9 Å². The maximum Gasteiger partial charge on any atom is 0.342 e. The zero-order valence-electron chi connectivity index (χ0n) is 16.4. The van der Waals surface area contributed by atoms with Crippen molar-refractivity contribution in [2.75, 3.05) is 18.5 Å². The lowest BCUT2D eigenvalue weighted by Gasteiger charge is -2.10. The zero-order chi connectivity index (χ0) is 20.5. The van der Waals surface area contributed by atoms with Gasteiger partial charge in [0, 0.05) is 17.7 Å². The van der Waals surface area contributed by atoms with E-state index in [4.69, 9.17) is 9.47 Å². The van der Waals surface area contributed by atoms with Crippen molar-refractivity contribution in [1.82, 2.24) is 0 Å². The Morgan fingerprint density at radius 3 is 2.32 bits per heavy atom. The minimum atomic E-state index is -0.616. The first-order valence-corrected chi connectivity index (χ1v) is 9.22. The molecule has 1 amide bonds. The third-order valence-electron chi connectivity index (χ3n) is 3.83. The topological polar surface area (TPSA) is 81.7 Å². The molecule has 28 heavy (non-hydrogen) atoms. The fraction of sp³-hybridized carbons (Fsp3) is 0.318. The standard InChI is InChI=1S/C22H25NO5/c1-4-27-20-8-6-5-7-18(20)22(26)28-14-19(24)16-9-11-17(12-10-16)23-21(25)13-15(2)3/h5-12,15H,4,13-14H2,1-3H3,(H,23,25). The first-order valence-electron chi connectivity index (χ1n) is 9.22. The minimum Gasteiger partial charge on any atom is -0.493 e. The maximum atomic E-state index is 12.3. The van der Waals surface area contributed by atoms with E-state index >= 15 is 0 Å². The second-order valence-corrected chi connectivity index (χ2v) is 6.65. The highest BCUT2D eigenvalue weighted by Crippen LogP contribution is 2.19. The van der Waals surface area contributed by atoms with E-state index in [1.54, 1.807) is 48.5 Å². The lowest BCUT2D eigenvalue weighted by Crippen LogP contribution is -2.16. The number of anilines is 1. The lowest BCUT2D eigenvalue weighted by molar-refractivity contribution is -0.116. The van der Waals surface area contributed by atoms with Gasteiger partial charge in [0.2, 0.25) is 5.91 Å². The molecule has 0 unspecified atom stereocenters. The van der Waals surface area contributed by atoms with Gasteiger partial charge in [-0.05, 0) is 49.2 Å². The molecule has 148 valence electrons. The smallest absolute Gasteiger partial charge is 0.342 e. The molecule has 1 N–H and O–H groups in total. The Balaban J connectivity index is 1.93. The number of Topliss-reactive ketones (excluding diaryl/α,β-unsaturated/α-hetero) is 1. The van der Waals surface area contributed by atoms with Crippen molar-refractivity contribution >= 4 is 23.3 Å². The number of carbonyl (C=O) groups excluding carboxylic acids is 3. The summed E-state index contributed by atoms with van der Waals surface area (Å²) in [6.07, 6.45) is 0.430. The van der Waals surface area contributed by atoms with Gasteiger partial charge in [0.25, 0.3) is 0 Å². The van der Waals surface area contributed by atoms with Crippen molar-refractivity contribution in [2.45, 2.75) is 27.2 Å². The van der Waals surface area contributed by atoms with Crippen molar-refractivity contribution in [1.29, 1.82) is 0 Å². The van der Waals surface area contributed by atoms with Crippen molar-refractivity contribution in [2.24, 2.45) is 5.92 Å². The van der Waals surface area contributed by atoms with Crippen LogP contribution in [0.4, 0.5) is 5.69 Å². The molecule has 0 aliphatic heterocycles. The van der Waals surface area contributed by atoms with Crippen LogP contribution in [0, 0.1) is 5.92 Å². The summed E-state index contributed by atoms with van der Waals surface area (Å²) < 4.78 is 10.5. The van der Waals surface area contributed by atoms with E-state index in [0.717, 1.165) is 0 Å². The van der Waals surface area contributed by atoms with E-state index in [-0.39, 0.29) is 29.8 Å². The van der Waals surface area contributed by atoms with E-state index in [1.807, 2.05) is 20.8 Å². The van der Waals surface area contributed by atoms with Gasteiger partial charge in [-0.2, -0.15) is 0 Å². The van der Waals surface area contributed by atoms with Gasteiger partial charge in [0.1, 0.15) is 11.3 Å². The average molecular weight is 383 g/mol. The molecule has 0 fully saturated rings. The fourth-order valence-corrected chi connectivity index (χ4v) is 2.53. The molecule has 0 saturated carbocycles. The number of para-hydroxylation sites is 1. The summed E-state index contributed by atoms with van der Waals surface area (Å²) in [5, 5.41) is 2.78. The number of ketones is 1. The van der Waals surface area contributed by atoms with Crippen molar-refractivity contribution in [3.63, 3.8) is 0 Å². The lowest BCUT2D eigenvalue weighted by atomic mass is 10.1. The molecular formula is C22H25NO5. The van der Waals surface area contributed by atoms with E-state index < -0.39 is 5.97 Å². The third-order valence-corrected chi connectivity index (χ3v) is 3.83. The Morgan fingerprint density at radius 2 is 1.68 bits per heavy atom. The second kappa shape index (κ2) is 10.3. The molecule has 0 spiro atoms. The van der Waals surface area contributed by atoms with E-state index in [9.17, 15) is 14.4 Å². The van der Waals surface area contributed by atoms with Crippen molar-refractivity contribution < 1.29 is 23.9 Å². The third kappa shape index (κ3) is 6.23. The molecule has 0 radical (unpaired) electrons. The first-order chi connectivity index (χ1) is 13.4. The second-order valence-electron chi connectivity index (χ2n) is 6.65. The molecule has 6 heteroatoms. The van der Waals surface area contributed by atoms with Gasteiger partial charge >= 0.3 is 5.97 Å². The van der Waals surface area contributed by atoms with E-state index in [2.05, 4.69) is 5.32 Å². The SMILES string of the molecule is CCOc1ccccc1C(=O)OCC(=O)c1ccc(NC(=O)CC(C)C)cc1. The molecule has 0 saturated heterocycles. The normalized spacial score (nSPS) is 10.4. The predicted molar refractivity (Wildman–Crippen MR) is 107 cm³/mol. The average Bonchev–Trinajstić information content (AvgIpc) is 2.66. The number of carbonyl (C=O) groups is 3. The molecule has 2 aromatic carbocycles. The number of rotatable bonds is 9. The van der Waals surface area contributed by atoms with Gasteiger partial charge < -0.3 is 14.8 Å². The summed E-state index contributed by atoms with van der Waals surface area (Å²) in [6, 6.07) is 13.2. The van der Waals surface area contributed by atoms with Crippen LogP contribution in [0.3, 0.4) is 0 Å². The highest BCUT2D eigenvalue weighted by molar-refractivity contribution is 6.00. The number of benzene rings is 2. The van der Waals surface area contributed by atoms with Crippen LogP contribution in [0.25, 0.3) is 0 Å². The quantitative estimate of drug-likeness (QED) is 0.520. The van der Waals surface area contributed by atoms with Crippen LogP contribution in [0.1, 0.15) is 47.9 Å². The molecule has 6 nitrogen and oxygen atoms in total. The van der Waals surface area contributed by atoms with Gasteiger partial charge in [-0.3, -0.25) is 9.59 Å². The van der Waals surface area contributed by atoms with Gasteiger partial charge in [0.05, 0.1) is 6.61 Å². The summed E-state index contributed by atoms with van der Waals surface area (Å²) >= 11 is 0. The first kappa shape index (κ1) is 21.2. The Morgan fingerprint density at radius 1 is 1.00 bits per heavy atom. The molecule has 0 aliphatic carbocycles. The molecule has 2 aromatic rings. The van der Waals surface area contributed by atoms with Crippen LogP contribution < -0.4 is 10.1 Å². The maximum absolute atomic E-state index is 12.3. The molecule has 0 atom stereocenters. The number of hydrogen-bond donors (Lipinski definition) is 1. The predicted octanol–water partition coefficient (Wildman–Crippen LogP) is 4.11. The summed E-state index contributed by atoms with van der Waals surface area (Å²) in [4.78, 5) is 36.3. The summed E-state index contributed by atoms with van der Waals surface area (Å²) in [7, 11) is 0. The highest BCUT2D eigenvalue weighted by atomic mass is 16.5. The molecular weight excluding hydrogens is 358 g/mol. The van der Waals surface area contributed by atoms with Gasteiger partial charge in [-0.15, -0.1) is 0 Å². The van der Waals surface area contributed by atoms with Gasteiger partial charge in [-0.25, -0.2) is 4.79 Å². The number of amides is 1. The van der Waals surface area contributed by atoms with Crippen LogP contribution in [-0.2, 0) is 9.53 Å². The van der Waals surface area contributed by atoms with Crippen LogP contribution >= 0.6 is 0 Å². The summed E-state index contributed by atoms with van der Waals surface area (Å²) in [5.41, 5.74) is 1.29. The Kier molecular flexibility index (Phi) is 7.75. The minimum absolute atomic E-state index is 0.0732. The number of nitrogens with one attached hydrogen (secondary N) is 1. The molecule has 0 aromatic heterocycles. The van der Waals surface area contributed by atoms with Gasteiger partial charge in [0.15, 0.2) is 12.4 Å². The highest BCUT2D eigenvalue weighted by Gasteiger charge is 2.16. The Labute approximate surface area is 164 Å². The molecule has 0 bridgehead atoms. The van der Waals surface area contributed by atoms with Crippen LogP contribution in [0.2, 0.25) is 0 Å².